The van der Waals surface area contributed by atoms with Gasteiger partial charge in [0.25, 0.3) is 0 Å². The summed E-state index contributed by atoms with van der Waals surface area (Å²) in [6.07, 6.45) is 1.83. The minimum atomic E-state index is -1.22. The summed E-state index contributed by atoms with van der Waals surface area (Å²) in [4.78, 5) is 33.1. The number of carboxylic acid groups (broad SMARTS) is 1. The maximum Gasteiger partial charge on any atom is 0.326 e. The number of carbonyl (C=O) groups excluding carboxylic acids is 2. The molecule has 3 amide bonds. The first-order chi connectivity index (χ1) is 9.90. The van der Waals surface area contributed by atoms with E-state index in [1.165, 1.54) is 0 Å². The Bertz CT molecular complexity index is 515. The molecule has 0 aliphatic rings. The molecule has 1 aromatic heterocycles. The van der Waals surface area contributed by atoms with E-state index in [9.17, 15) is 14.4 Å². The molecule has 116 valence electrons. The second-order valence-corrected chi connectivity index (χ2v) is 4.40. The Labute approximate surface area is 120 Å². The summed E-state index contributed by atoms with van der Waals surface area (Å²) in [5, 5.41) is 21.2. The van der Waals surface area contributed by atoms with Gasteiger partial charge in [0.1, 0.15) is 18.2 Å². The minimum Gasteiger partial charge on any atom is -0.480 e. The zero-order chi connectivity index (χ0) is 15.8. The molecule has 1 rings (SSSR count). The van der Waals surface area contributed by atoms with Crippen molar-refractivity contribution in [3.8, 4) is 0 Å². The molecular weight excluding hydrogens is 280 g/mol. The van der Waals surface area contributed by atoms with Gasteiger partial charge in [-0.05, 0) is 6.42 Å². The van der Waals surface area contributed by atoms with E-state index >= 15 is 0 Å². The lowest BCUT2D eigenvalue weighted by Gasteiger charge is -2.14. The predicted molar refractivity (Wildman–Crippen MR) is 71.1 cm³/mol. The molecule has 0 saturated carbocycles. The number of nitrogens with two attached hydrogens (primary N) is 1. The number of urea groups is 1. The van der Waals surface area contributed by atoms with Crippen LogP contribution >= 0.6 is 0 Å². The van der Waals surface area contributed by atoms with Gasteiger partial charge in [0, 0.05) is 26.4 Å². The van der Waals surface area contributed by atoms with Crippen LogP contribution in [0.5, 0.6) is 0 Å². The monoisotopic (exact) mass is 298 g/mol. The molecule has 0 radical (unpaired) electrons. The lowest BCUT2D eigenvalue weighted by Crippen LogP contribution is -2.46. The number of carbonyl (C=O) groups is 3. The smallest absolute Gasteiger partial charge is 0.326 e. The van der Waals surface area contributed by atoms with Crippen LogP contribution in [0, 0.1) is 0 Å². The number of aliphatic carboxylic acids is 1. The lowest BCUT2D eigenvalue weighted by atomic mass is 10.1. The highest BCUT2D eigenvalue weighted by Gasteiger charge is 2.20. The highest BCUT2D eigenvalue weighted by atomic mass is 16.4. The van der Waals surface area contributed by atoms with Crippen LogP contribution in [-0.2, 0) is 23.1 Å². The number of hydrogen-bond donors (Lipinski definition) is 4. The van der Waals surface area contributed by atoms with E-state index in [2.05, 4.69) is 20.8 Å². The van der Waals surface area contributed by atoms with E-state index in [0.717, 1.165) is 0 Å². The topological polar surface area (TPSA) is 152 Å². The molecule has 0 bridgehead atoms. The van der Waals surface area contributed by atoms with E-state index in [4.69, 9.17) is 10.8 Å². The van der Waals surface area contributed by atoms with Crippen molar-refractivity contribution in [2.24, 2.45) is 12.8 Å². The maximum atomic E-state index is 11.6. The van der Waals surface area contributed by atoms with Gasteiger partial charge in [0.15, 0.2) is 0 Å². The number of hydrogen-bond acceptors (Lipinski definition) is 5. The average molecular weight is 298 g/mol. The molecule has 1 heterocycles. The Kier molecular flexibility index (Phi) is 6.11. The first-order valence-electron chi connectivity index (χ1n) is 6.28. The zero-order valence-corrected chi connectivity index (χ0v) is 11.6. The summed E-state index contributed by atoms with van der Waals surface area (Å²) < 4.78 is 1.71. The third kappa shape index (κ3) is 5.89. The Morgan fingerprint density at radius 3 is 2.71 bits per heavy atom. The van der Waals surface area contributed by atoms with E-state index in [-0.39, 0.29) is 19.4 Å². The first kappa shape index (κ1) is 16.4. The summed E-state index contributed by atoms with van der Waals surface area (Å²) in [6.45, 7) is 0.278. The van der Waals surface area contributed by atoms with E-state index in [0.29, 0.717) is 12.2 Å². The van der Waals surface area contributed by atoms with Crippen molar-refractivity contribution in [2.75, 3.05) is 6.54 Å². The van der Waals surface area contributed by atoms with Gasteiger partial charge in [-0.2, -0.15) is 0 Å². The summed E-state index contributed by atoms with van der Waals surface area (Å²) >= 11 is 0. The van der Waals surface area contributed by atoms with Crippen molar-refractivity contribution in [1.82, 2.24) is 25.4 Å². The van der Waals surface area contributed by atoms with E-state index < -0.39 is 23.9 Å². The quantitative estimate of drug-likeness (QED) is 0.452. The second-order valence-electron chi connectivity index (χ2n) is 4.40. The van der Waals surface area contributed by atoms with Crippen LogP contribution in [-0.4, -0.2) is 50.4 Å². The minimum absolute atomic E-state index is 0.0542. The number of rotatable bonds is 8. The average Bonchev–Trinajstić information content (AvgIpc) is 2.79. The number of nitrogens with one attached hydrogen (secondary N) is 2. The number of nitrogens with zero attached hydrogens (tertiary/aromatic N) is 3. The molecule has 5 N–H and O–H groups in total. The van der Waals surface area contributed by atoms with Crippen LogP contribution in [0.2, 0.25) is 0 Å². The Hall–Kier alpha value is -2.65. The van der Waals surface area contributed by atoms with Crippen molar-refractivity contribution in [1.29, 1.82) is 0 Å². The van der Waals surface area contributed by atoms with Gasteiger partial charge in [-0.3, -0.25) is 4.79 Å². The maximum absolute atomic E-state index is 11.6. The molecule has 1 aromatic rings. The van der Waals surface area contributed by atoms with Crippen LogP contribution in [0.15, 0.2) is 6.33 Å². The molecule has 0 saturated heterocycles. The van der Waals surface area contributed by atoms with Crippen molar-refractivity contribution in [3.05, 3.63) is 12.2 Å². The fourth-order valence-corrected chi connectivity index (χ4v) is 1.57. The zero-order valence-electron chi connectivity index (χ0n) is 11.6. The van der Waals surface area contributed by atoms with Gasteiger partial charge >= 0.3 is 12.0 Å². The third-order valence-electron chi connectivity index (χ3n) is 2.72. The summed E-state index contributed by atoms with van der Waals surface area (Å²) in [5.41, 5.74) is 4.94. The fraction of sp³-hybridized carbons (Fsp3) is 0.545. The fourth-order valence-electron chi connectivity index (χ4n) is 1.57. The summed E-state index contributed by atoms with van der Waals surface area (Å²) in [7, 11) is 1.78. The molecule has 1 atom stereocenters. The van der Waals surface area contributed by atoms with Crippen LogP contribution < -0.4 is 16.4 Å². The second kappa shape index (κ2) is 7.82. The van der Waals surface area contributed by atoms with Crippen molar-refractivity contribution >= 4 is 17.9 Å². The third-order valence-corrected chi connectivity index (χ3v) is 2.72. The van der Waals surface area contributed by atoms with E-state index in [1.807, 2.05) is 0 Å². The molecule has 0 aliphatic carbocycles. The Balaban J connectivity index is 2.34. The molecular formula is C11H18N6O4. The molecule has 10 heteroatoms. The van der Waals surface area contributed by atoms with Crippen molar-refractivity contribution in [3.63, 3.8) is 0 Å². The van der Waals surface area contributed by atoms with Crippen LogP contribution in [0.1, 0.15) is 18.7 Å². The summed E-state index contributed by atoms with van der Waals surface area (Å²) in [6, 6.07) is -1.79. The standard InChI is InChI=1S/C11H18N6O4/c1-17-6-14-16-9(17)4-5-13-11(21)15-7(10(19)20)2-3-8(12)18/h6-7H,2-5H2,1H3,(H2,12,18)(H,19,20)(H2,13,15,21)/t7-/m0/s1. The van der Waals surface area contributed by atoms with Gasteiger partial charge in [0.05, 0.1) is 0 Å². The largest absolute Gasteiger partial charge is 0.480 e. The number of primary amides is 1. The number of carboxylic acids is 1. The van der Waals surface area contributed by atoms with Crippen molar-refractivity contribution in [2.45, 2.75) is 25.3 Å². The Morgan fingerprint density at radius 1 is 1.48 bits per heavy atom. The van der Waals surface area contributed by atoms with Crippen LogP contribution in [0.4, 0.5) is 4.79 Å². The lowest BCUT2D eigenvalue weighted by molar-refractivity contribution is -0.139. The van der Waals surface area contributed by atoms with E-state index in [1.54, 1.807) is 17.9 Å². The molecule has 10 nitrogen and oxygen atoms in total. The van der Waals surface area contributed by atoms with Gasteiger partial charge < -0.3 is 26.0 Å². The van der Waals surface area contributed by atoms with Crippen LogP contribution in [0.25, 0.3) is 0 Å². The molecule has 0 aliphatic heterocycles. The molecule has 0 unspecified atom stereocenters. The SMILES string of the molecule is Cn1cnnc1CCNC(=O)N[C@@H](CCC(N)=O)C(=O)O. The predicted octanol–water partition coefficient (Wildman–Crippen LogP) is -1.62. The van der Waals surface area contributed by atoms with Gasteiger partial charge in [-0.15, -0.1) is 10.2 Å². The first-order valence-corrected chi connectivity index (χ1v) is 6.28. The highest BCUT2D eigenvalue weighted by Crippen LogP contribution is 1.97. The van der Waals surface area contributed by atoms with Gasteiger partial charge in [-0.1, -0.05) is 0 Å². The molecule has 21 heavy (non-hydrogen) atoms. The normalized spacial score (nSPS) is 11.7. The number of aromatic nitrogens is 3. The number of amides is 3. The molecule has 0 fully saturated rings. The molecule has 0 spiro atoms. The van der Waals surface area contributed by atoms with Gasteiger partial charge in [-0.25, -0.2) is 9.59 Å². The summed E-state index contributed by atoms with van der Waals surface area (Å²) in [5.74, 6) is -1.15. The van der Waals surface area contributed by atoms with Crippen LogP contribution in [0.3, 0.4) is 0 Å². The van der Waals surface area contributed by atoms with Crippen molar-refractivity contribution < 1.29 is 19.5 Å². The number of aryl methyl sites for hydroxylation is 1. The Morgan fingerprint density at radius 2 is 2.19 bits per heavy atom. The van der Waals surface area contributed by atoms with Gasteiger partial charge in [0.2, 0.25) is 5.91 Å². The highest BCUT2D eigenvalue weighted by molar-refractivity contribution is 5.83. The molecule has 0 aromatic carbocycles.